The second-order valence-electron chi connectivity index (χ2n) is 8.30. The molecule has 0 fully saturated rings. The number of hydrogen-bond donors (Lipinski definition) is 0. The molecule has 3 aromatic carbocycles. The molecule has 0 atom stereocenters. The van der Waals surface area contributed by atoms with E-state index in [1.54, 1.807) is 24.3 Å². The quantitative estimate of drug-likeness (QED) is 0.321. The number of halogens is 7. The Morgan fingerprint density at radius 3 is 2.00 bits per heavy atom. The Hall–Kier alpha value is -3.09. The van der Waals surface area contributed by atoms with E-state index in [1.165, 1.54) is 13.0 Å². The maximum Gasteiger partial charge on any atom is 0.340 e. The van der Waals surface area contributed by atoms with Crippen LogP contribution >= 0.6 is 0 Å². The Morgan fingerprint density at radius 2 is 1.38 bits per heavy atom. The van der Waals surface area contributed by atoms with Gasteiger partial charge in [-0.2, -0.15) is 17.6 Å². The summed E-state index contributed by atoms with van der Waals surface area (Å²) in [5.41, 5.74) is -1.73. The van der Waals surface area contributed by atoms with Gasteiger partial charge in [-0.15, -0.1) is 0 Å². The molecule has 0 radical (unpaired) electrons. The van der Waals surface area contributed by atoms with Crippen molar-refractivity contribution < 1.29 is 30.7 Å². The van der Waals surface area contributed by atoms with E-state index in [4.69, 9.17) is 0 Å². The molecule has 1 aliphatic carbocycles. The molecule has 0 aromatic heterocycles. The lowest BCUT2D eigenvalue weighted by molar-refractivity contribution is -0.149. The van der Waals surface area contributed by atoms with Crippen molar-refractivity contribution in [2.45, 2.75) is 45.0 Å². The van der Waals surface area contributed by atoms with E-state index in [-0.39, 0.29) is 17.4 Å². The first-order chi connectivity index (χ1) is 16.0. The van der Waals surface area contributed by atoms with Gasteiger partial charge in [-0.05, 0) is 35.4 Å². The largest absolute Gasteiger partial charge is 0.340 e. The summed E-state index contributed by atoms with van der Waals surface area (Å²) in [5.74, 6) is -13.7. The molecule has 4 rings (SSSR count). The van der Waals surface area contributed by atoms with Crippen LogP contribution in [0.1, 0.15) is 37.8 Å². The van der Waals surface area contributed by atoms with Crippen molar-refractivity contribution in [3.8, 4) is 11.1 Å². The Morgan fingerprint density at radius 1 is 0.706 bits per heavy atom. The molecule has 0 spiro atoms. The van der Waals surface area contributed by atoms with Crippen molar-refractivity contribution >= 4 is 16.3 Å². The number of rotatable bonds is 5. The van der Waals surface area contributed by atoms with E-state index < -0.39 is 51.4 Å². The molecule has 3 aromatic rings. The molecule has 0 nitrogen and oxygen atoms in total. The van der Waals surface area contributed by atoms with E-state index in [0.29, 0.717) is 11.6 Å². The highest BCUT2D eigenvalue weighted by molar-refractivity contribution is 5.92. The zero-order valence-electron chi connectivity index (χ0n) is 18.5. The Bertz CT molecular complexity index is 1320. The minimum absolute atomic E-state index is 0.0796. The van der Waals surface area contributed by atoms with Crippen LogP contribution in [0, 0.1) is 17.5 Å². The number of benzene rings is 3. The molecular weight excluding hydrogens is 457 g/mol. The highest BCUT2D eigenvalue weighted by atomic mass is 19.3. The molecule has 0 aliphatic heterocycles. The van der Waals surface area contributed by atoms with Gasteiger partial charge in [0, 0.05) is 22.3 Å². The molecule has 7 heteroatoms. The second-order valence-corrected chi connectivity index (χ2v) is 8.30. The topological polar surface area (TPSA) is 0 Å². The third-order valence-corrected chi connectivity index (χ3v) is 6.18. The molecule has 0 N–H and O–H groups in total. The minimum atomic E-state index is -4.73. The Balaban J connectivity index is 1.87. The summed E-state index contributed by atoms with van der Waals surface area (Å²) < 4.78 is 103. The van der Waals surface area contributed by atoms with Gasteiger partial charge >= 0.3 is 11.8 Å². The summed E-state index contributed by atoms with van der Waals surface area (Å²) in [5, 5.41) is -0.948. The van der Waals surface area contributed by atoms with Gasteiger partial charge < -0.3 is 0 Å². The fourth-order valence-electron chi connectivity index (χ4n) is 4.30. The van der Waals surface area contributed by atoms with E-state index >= 15 is 8.78 Å². The van der Waals surface area contributed by atoms with Crippen LogP contribution in [0.5, 0.6) is 0 Å². The molecule has 178 valence electrons. The van der Waals surface area contributed by atoms with Crippen molar-refractivity contribution in [1.29, 1.82) is 0 Å². The first kappa shape index (κ1) is 24.0. The van der Waals surface area contributed by atoms with E-state index in [2.05, 4.69) is 0 Å². The zero-order valence-corrected chi connectivity index (χ0v) is 18.5. The summed E-state index contributed by atoms with van der Waals surface area (Å²) in [6, 6.07) is 10.0. The molecule has 0 unspecified atom stereocenters. The second kappa shape index (κ2) is 8.60. The summed E-state index contributed by atoms with van der Waals surface area (Å²) in [6.45, 7) is 3.31. The maximum atomic E-state index is 15.3. The number of aryl methyl sites for hydroxylation is 1. The zero-order chi connectivity index (χ0) is 24.8. The average molecular weight is 478 g/mol. The van der Waals surface area contributed by atoms with Crippen molar-refractivity contribution in [1.82, 2.24) is 0 Å². The summed E-state index contributed by atoms with van der Waals surface area (Å²) in [4.78, 5) is 0. The van der Waals surface area contributed by atoms with Crippen LogP contribution in [0.25, 0.3) is 27.5 Å². The molecule has 0 amide bonds. The van der Waals surface area contributed by atoms with Crippen LogP contribution in [0.2, 0.25) is 0 Å². The molecular formula is C27H21F7. The summed E-state index contributed by atoms with van der Waals surface area (Å²) >= 11 is 0. The fraction of sp³-hybridized carbons (Fsp3) is 0.259. The van der Waals surface area contributed by atoms with Gasteiger partial charge in [0.1, 0.15) is 5.82 Å². The molecule has 34 heavy (non-hydrogen) atoms. The SMILES string of the molecule is CCCc1ccc(-c2cc3ccc(C4=CC=C(CC)C(F)(F)C4(F)F)c(F)c3c(F)c2F)cc1. The normalized spacial score (nSPS) is 17.0. The van der Waals surface area contributed by atoms with Crippen molar-refractivity contribution in [2.75, 3.05) is 0 Å². The monoisotopic (exact) mass is 478 g/mol. The fourth-order valence-corrected chi connectivity index (χ4v) is 4.30. The predicted octanol–water partition coefficient (Wildman–Crippen LogP) is 8.88. The third-order valence-electron chi connectivity index (χ3n) is 6.18. The molecule has 1 aliphatic rings. The maximum absolute atomic E-state index is 15.3. The highest BCUT2D eigenvalue weighted by Crippen LogP contribution is 2.52. The lowest BCUT2D eigenvalue weighted by Gasteiger charge is -2.33. The van der Waals surface area contributed by atoms with Gasteiger partial charge in [-0.25, -0.2) is 13.2 Å². The lowest BCUT2D eigenvalue weighted by Crippen LogP contribution is -2.44. The number of allylic oxidation sites excluding steroid dienone is 4. The molecule has 0 heterocycles. The van der Waals surface area contributed by atoms with Gasteiger partial charge in [0.05, 0.1) is 5.39 Å². The first-order valence-corrected chi connectivity index (χ1v) is 10.9. The van der Waals surface area contributed by atoms with Gasteiger partial charge in [0.2, 0.25) is 0 Å². The standard InChI is InChI=1S/C27H21F7/c1-3-5-15-6-8-16(9-7-15)20-14-17-10-12-19(23(28)22(17)25(30)24(20)29)21-13-11-18(4-2)26(31,32)27(21,33)34/h6-14H,3-5H2,1-2H3. The smallest absolute Gasteiger partial charge is 0.206 e. The molecule has 0 saturated carbocycles. The van der Waals surface area contributed by atoms with Gasteiger partial charge in [0.15, 0.2) is 11.6 Å². The van der Waals surface area contributed by atoms with Crippen LogP contribution in [0.15, 0.2) is 60.2 Å². The van der Waals surface area contributed by atoms with E-state index in [0.717, 1.165) is 36.6 Å². The van der Waals surface area contributed by atoms with E-state index in [9.17, 15) is 22.0 Å². The van der Waals surface area contributed by atoms with Crippen LogP contribution < -0.4 is 0 Å². The van der Waals surface area contributed by atoms with E-state index in [1.807, 2.05) is 6.92 Å². The third kappa shape index (κ3) is 3.62. The number of hydrogen-bond acceptors (Lipinski definition) is 0. The Labute approximate surface area is 192 Å². The predicted molar refractivity (Wildman–Crippen MR) is 119 cm³/mol. The Kier molecular flexibility index (Phi) is 6.08. The van der Waals surface area contributed by atoms with Gasteiger partial charge in [-0.3, -0.25) is 0 Å². The van der Waals surface area contributed by atoms with Crippen LogP contribution in [-0.2, 0) is 6.42 Å². The molecule has 0 saturated heterocycles. The first-order valence-electron chi connectivity index (χ1n) is 10.9. The number of alkyl halides is 4. The van der Waals surface area contributed by atoms with Crippen molar-refractivity contribution in [2.24, 2.45) is 0 Å². The lowest BCUT2D eigenvalue weighted by atomic mass is 9.84. The van der Waals surface area contributed by atoms with Gasteiger partial charge in [-0.1, -0.05) is 68.8 Å². The average Bonchev–Trinajstić information content (AvgIpc) is 2.79. The minimum Gasteiger partial charge on any atom is -0.206 e. The molecule has 0 bridgehead atoms. The highest BCUT2D eigenvalue weighted by Gasteiger charge is 2.62. The number of fused-ring (bicyclic) bond motifs is 1. The summed E-state index contributed by atoms with van der Waals surface area (Å²) in [7, 11) is 0. The van der Waals surface area contributed by atoms with Crippen molar-refractivity contribution in [3.05, 3.63) is 88.8 Å². The van der Waals surface area contributed by atoms with Crippen LogP contribution in [0.3, 0.4) is 0 Å². The van der Waals surface area contributed by atoms with Crippen LogP contribution in [0.4, 0.5) is 30.7 Å². The van der Waals surface area contributed by atoms with Gasteiger partial charge in [0.25, 0.3) is 0 Å². The summed E-state index contributed by atoms with van der Waals surface area (Å²) in [6.07, 6.45) is 2.93. The van der Waals surface area contributed by atoms with Crippen LogP contribution in [-0.4, -0.2) is 11.8 Å². The van der Waals surface area contributed by atoms with Crippen molar-refractivity contribution in [3.63, 3.8) is 0 Å².